The van der Waals surface area contributed by atoms with Crippen molar-refractivity contribution in [1.29, 1.82) is 0 Å². The molecule has 0 N–H and O–H groups in total. The van der Waals surface area contributed by atoms with E-state index >= 15 is 0 Å². The molecule has 2 aliphatic rings. The summed E-state index contributed by atoms with van der Waals surface area (Å²) in [6.45, 7) is 8.56. The molecule has 1 aromatic rings. The van der Waals surface area contributed by atoms with Gasteiger partial charge in [0.25, 0.3) is 0 Å². The summed E-state index contributed by atoms with van der Waals surface area (Å²) in [7, 11) is -0.280. The van der Waals surface area contributed by atoms with E-state index in [2.05, 4.69) is 19.6 Å². The third kappa shape index (κ3) is 2.09. The third-order valence-corrected chi connectivity index (χ3v) is 3.75. The number of allylic oxidation sites excluding steroid dienone is 1. The first-order chi connectivity index (χ1) is 9.24. The highest BCUT2D eigenvalue weighted by Gasteiger charge is 2.43. The summed E-state index contributed by atoms with van der Waals surface area (Å²) in [6.07, 6.45) is 3.87. The molecule has 0 bridgehead atoms. The van der Waals surface area contributed by atoms with Crippen molar-refractivity contribution in [3.8, 4) is 5.75 Å². The second-order valence-electron chi connectivity index (χ2n) is 5.17. The zero-order valence-electron chi connectivity index (χ0n) is 11.5. The van der Waals surface area contributed by atoms with Gasteiger partial charge in [-0.15, -0.1) is 6.58 Å². The topological polar surface area (TPSA) is 27.7 Å². The fraction of sp³-hybridized carbons (Fsp3) is 0.467. The number of ether oxygens (including phenoxy) is 1. The summed E-state index contributed by atoms with van der Waals surface area (Å²) < 4.78 is 17.8. The van der Waals surface area contributed by atoms with Crippen molar-refractivity contribution in [3.63, 3.8) is 0 Å². The highest BCUT2D eigenvalue weighted by Crippen LogP contribution is 2.35. The van der Waals surface area contributed by atoms with Gasteiger partial charge in [-0.3, -0.25) is 0 Å². The van der Waals surface area contributed by atoms with Crippen molar-refractivity contribution < 1.29 is 14.0 Å². The van der Waals surface area contributed by atoms with Gasteiger partial charge in [0.15, 0.2) is 0 Å². The van der Waals surface area contributed by atoms with E-state index in [1.807, 2.05) is 19.1 Å². The molecule has 1 aromatic carbocycles. The molecule has 3 rings (SSSR count). The Morgan fingerprint density at radius 2 is 2.26 bits per heavy atom. The highest BCUT2D eigenvalue weighted by molar-refractivity contribution is 6.64. The molecule has 19 heavy (non-hydrogen) atoms. The van der Waals surface area contributed by atoms with Crippen LogP contribution in [0.1, 0.15) is 37.5 Å². The van der Waals surface area contributed by atoms with Crippen molar-refractivity contribution in [2.24, 2.45) is 0 Å². The Morgan fingerprint density at radius 1 is 1.42 bits per heavy atom. The Morgan fingerprint density at radius 3 is 3.00 bits per heavy atom. The van der Waals surface area contributed by atoms with Gasteiger partial charge in [0.05, 0.1) is 12.2 Å². The summed E-state index contributed by atoms with van der Waals surface area (Å²) in [5.41, 5.74) is 3.61. The van der Waals surface area contributed by atoms with E-state index in [-0.39, 0.29) is 19.3 Å². The standard InChI is InChI=1S/C15H19BO3/c1-4-6-11-7-8-13-15-14(11)12(5-2)19-16(15)18-10(3)9-17-13/h4,7-8,10,12H,1,5-6,9H2,2-3H3/t10?,12-/m1/s1. The molecule has 0 fully saturated rings. The molecule has 2 atom stereocenters. The van der Waals surface area contributed by atoms with E-state index in [1.54, 1.807) is 0 Å². The van der Waals surface area contributed by atoms with Crippen molar-refractivity contribution in [2.45, 2.75) is 38.9 Å². The van der Waals surface area contributed by atoms with Gasteiger partial charge < -0.3 is 14.0 Å². The molecule has 1 unspecified atom stereocenters. The smallest absolute Gasteiger partial charge is 0.491 e. The van der Waals surface area contributed by atoms with Crippen LogP contribution in [-0.4, -0.2) is 19.8 Å². The van der Waals surface area contributed by atoms with Crippen molar-refractivity contribution in [1.82, 2.24) is 0 Å². The van der Waals surface area contributed by atoms with Crippen LogP contribution in [0.5, 0.6) is 5.75 Å². The summed E-state index contributed by atoms with van der Waals surface area (Å²) in [6, 6.07) is 4.16. The predicted octanol–water partition coefficient (Wildman–Crippen LogP) is 2.39. The molecule has 0 spiro atoms. The Labute approximate surface area is 114 Å². The lowest BCUT2D eigenvalue weighted by Gasteiger charge is -2.17. The van der Waals surface area contributed by atoms with E-state index in [4.69, 9.17) is 14.0 Å². The van der Waals surface area contributed by atoms with Gasteiger partial charge in [-0.1, -0.05) is 19.1 Å². The average Bonchev–Trinajstić information content (AvgIpc) is 2.69. The van der Waals surface area contributed by atoms with Crippen LogP contribution in [-0.2, 0) is 15.7 Å². The normalized spacial score (nSPS) is 24.6. The summed E-state index contributed by atoms with van der Waals surface area (Å²) in [4.78, 5) is 0. The maximum atomic E-state index is 6.06. The minimum absolute atomic E-state index is 0.0451. The maximum Gasteiger partial charge on any atom is 0.498 e. The molecule has 3 nitrogen and oxygen atoms in total. The number of rotatable bonds is 3. The number of hydrogen-bond donors (Lipinski definition) is 0. The fourth-order valence-corrected chi connectivity index (χ4v) is 2.89. The Bertz CT molecular complexity index is 500. The van der Waals surface area contributed by atoms with Crippen molar-refractivity contribution in [3.05, 3.63) is 35.9 Å². The van der Waals surface area contributed by atoms with E-state index in [0.29, 0.717) is 6.61 Å². The van der Waals surface area contributed by atoms with Gasteiger partial charge in [0, 0.05) is 5.46 Å². The van der Waals surface area contributed by atoms with Crippen LogP contribution in [0.3, 0.4) is 0 Å². The van der Waals surface area contributed by atoms with Crippen LogP contribution >= 0.6 is 0 Å². The average molecular weight is 258 g/mol. The van der Waals surface area contributed by atoms with Gasteiger partial charge >= 0.3 is 7.12 Å². The third-order valence-electron chi connectivity index (χ3n) is 3.75. The lowest BCUT2D eigenvalue weighted by Crippen LogP contribution is -2.34. The van der Waals surface area contributed by atoms with Crippen molar-refractivity contribution >= 4 is 12.6 Å². The van der Waals surface area contributed by atoms with E-state index in [1.165, 1.54) is 11.1 Å². The van der Waals surface area contributed by atoms with Crippen LogP contribution in [0.4, 0.5) is 0 Å². The quantitative estimate of drug-likeness (QED) is 0.615. The Hall–Kier alpha value is -1.26. The number of benzene rings is 1. The fourth-order valence-electron chi connectivity index (χ4n) is 2.89. The molecule has 0 aliphatic carbocycles. The minimum Gasteiger partial charge on any atom is -0.491 e. The summed E-state index contributed by atoms with van der Waals surface area (Å²) >= 11 is 0. The zero-order valence-corrected chi connectivity index (χ0v) is 11.5. The first-order valence-corrected chi connectivity index (χ1v) is 6.94. The molecule has 0 radical (unpaired) electrons. The largest absolute Gasteiger partial charge is 0.498 e. The SMILES string of the molecule is C=CCc1ccc2c3c1[C@@H](CC)OB3OC(C)CO2. The first-order valence-electron chi connectivity index (χ1n) is 6.94. The molecule has 0 saturated carbocycles. The van der Waals surface area contributed by atoms with Gasteiger partial charge in [-0.05, 0) is 37.0 Å². The second kappa shape index (κ2) is 5.02. The van der Waals surface area contributed by atoms with E-state index < -0.39 is 0 Å². The lowest BCUT2D eigenvalue weighted by atomic mass is 9.76. The molecule has 0 amide bonds. The molecule has 0 saturated heterocycles. The number of hydrogen-bond acceptors (Lipinski definition) is 3. The van der Waals surface area contributed by atoms with Gasteiger partial charge in [0.2, 0.25) is 0 Å². The lowest BCUT2D eigenvalue weighted by molar-refractivity contribution is 0.0976. The Kier molecular flexibility index (Phi) is 3.37. The first kappa shape index (κ1) is 12.8. The molecule has 4 heteroatoms. The maximum absolute atomic E-state index is 6.06. The Balaban J connectivity index is 2.12. The predicted molar refractivity (Wildman–Crippen MR) is 75.9 cm³/mol. The van der Waals surface area contributed by atoms with Crippen molar-refractivity contribution in [2.75, 3.05) is 6.61 Å². The van der Waals surface area contributed by atoms with E-state index in [9.17, 15) is 0 Å². The minimum atomic E-state index is -0.280. The molecule has 2 aliphatic heterocycles. The molecular weight excluding hydrogens is 239 g/mol. The van der Waals surface area contributed by atoms with Gasteiger partial charge in [-0.2, -0.15) is 0 Å². The zero-order chi connectivity index (χ0) is 13.4. The highest BCUT2D eigenvalue weighted by atomic mass is 16.6. The van der Waals surface area contributed by atoms with Crippen LogP contribution in [0.15, 0.2) is 24.8 Å². The van der Waals surface area contributed by atoms with Crippen LogP contribution in [0.25, 0.3) is 0 Å². The van der Waals surface area contributed by atoms with Crippen LogP contribution in [0, 0.1) is 0 Å². The van der Waals surface area contributed by atoms with Crippen LogP contribution < -0.4 is 10.2 Å². The molecule has 100 valence electrons. The van der Waals surface area contributed by atoms with Crippen LogP contribution in [0.2, 0.25) is 0 Å². The molecule has 2 heterocycles. The second-order valence-corrected chi connectivity index (χ2v) is 5.17. The summed E-state index contributed by atoms with van der Waals surface area (Å²) in [5.74, 6) is 0.910. The monoisotopic (exact) mass is 258 g/mol. The van der Waals surface area contributed by atoms with Gasteiger partial charge in [-0.25, -0.2) is 0 Å². The van der Waals surface area contributed by atoms with E-state index in [0.717, 1.165) is 24.1 Å². The molecule has 0 aromatic heterocycles. The van der Waals surface area contributed by atoms with Gasteiger partial charge in [0.1, 0.15) is 12.4 Å². The summed E-state index contributed by atoms with van der Waals surface area (Å²) in [5, 5.41) is 0. The molecular formula is C15H19BO3.